The average Bonchev–Trinajstić information content (AvgIpc) is 2.71. The van der Waals surface area contributed by atoms with Crippen LogP contribution in [-0.2, 0) is 11.0 Å². The molecule has 2 N–H and O–H groups in total. The molecule has 0 saturated carbocycles. The minimum atomic E-state index is -4.45. The number of anilines is 1. The van der Waals surface area contributed by atoms with Crippen LogP contribution in [-0.4, -0.2) is 21.9 Å². The number of alkyl halides is 3. The number of hydrogen-bond acceptors (Lipinski definition) is 3. The zero-order chi connectivity index (χ0) is 15.9. The molecule has 2 heterocycles. The summed E-state index contributed by atoms with van der Waals surface area (Å²) < 4.78 is 39.8. The number of H-pyrrole nitrogens is 1. The number of aromatic nitrogens is 2. The van der Waals surface area contributed by atoms with E-state index in [1.165, 1.54) is 12.1 Å². The molecule has 0 unspecified atom stereocenters. The number of thioether (sulfide) groups is 1. The van der Waals surface area contributed by atoms with Crippen LogP contribution in [0.3, 0.4) is 0 Å². The minimum Gasteiger partial charge on any atom is -0.308 e. The second-order valence-electron chi connectivity index (χ2n) is 4.94. The lowest BCUT2D eigenvalue weighted by Crippen LogP contribution is -2.12. The topological polar surface area (TPSA) is 57.8 Å². The fourth-order valence-corrected chi connectivity index (χ4v) is 3.72. The second kappa shape index (κ2) is 5.35. The van der Waals surface area contributed by atoms with Crippen molar-refractivity contribution in [1.82, 2.24) is 10.2 Å². The molecule has 116 valence electrons. The Morgan fingerprint density at radius 1 is 1.32 bits per heavy atom. The van der Waals surface area contributed by atoms with E-state index in [-0.39, 0.29) is 17.2 Å². The molecule has 0 saturated heterocycles. The van der Waals surface area contributed by atoms with Crippen molar-refractivity contribution in [3.8, 4) is 0 Å². The number of rotatable bonds is 1. The average molecular weight is 327 g/mol. The molecule has 0 bridgehead atoms. The van der Waals surface area contributed by atoms with Crippen LogP contribution in [0, 0.1) is 6.92 Å². The number of aromatic amines is 1. The fourth-order valence-electron chi connectivity index (χ4n) is 2.49. The second-order valence-corrected chi connectivity index (χ2v) is 6.03. The summed E-state index contributed by atoms with van der Waals surface area (Å²) in [7, 11) is 0. The van der Waals surface area contributed by atoms with Gasteiger partial charge in [-0.05, 0) is 18.6 Å². The Bertz CT molecular complexity index is 726. The van der Waals surface area contributed by atoms with Gasteiger partial charge in [-0.25, -0.2) is 0 Å². The number of halogens is 3. The Hall–Kier alpha value is -1.96. The highest BCUT2D eigenvalue weighted by Crippen LogP contribution is 2.46. The third kappa shape index (κ3) is 2.58. The smallest absolute Gasteiger partial charge is 0.308 e. The van der Waals surface area contributed by atoms with Gasteiger partial charge < -0.3 is 5.32 Å². The van der Waals surface area contributed by atoms with Gasteiger partial charge in [-0.1, -0.05) is 18.2 Å². The Morgan fingerprint density at radius 3 is 2.77 bits per heavy atom. The normalized spacial score (nSPS) is 18.5. The summed E-state index contributed by atoms with van der Waals surface area (Å²) in [5.41, 5.74) is 0.690. The van der Waals surface area contributed by atoms with Crippen molar-refractivity contribution in [1.29, 1.82) is 0 Å². The van der Waals surface area contributed by atoms with Gasteiger partial charge in [0.25, 0.3) is 0 Å². The molecule has 0 aliphatic carbocycles. The first kappa shape index (κ1) is 15.0. The third-order valence-corrected chi connectivity index (χ3v) is 4.70. The lowest BCUT2D eigenvalue weighted by Gasteiger charge is -2.20. The predicted molar refractivity (Wildman–Crippen MR) is 77.7 cm³/mol. The van der Waals surface area contributed by atoms with Gasteiger partial charge in [0.1, 0.15) is 0 Å². The molecule has 2 aromatic rings. The van der Waals surface area contributed by atoms with Crippen molar-refractivity contribution >= 4 is 23.5 Å². The number of nitrogens with zero attached hydrogens (tertiary/aromatic N) is 1. The quantitative estimate of drug-likeness (QED) is 0.843. The number of fused-ring (bicyclic) bond motifs is 1. The maximum atomic E-state index is 13.3. The van der Waals surface area contributed by atoms with Crippen LogP contribution in [0.5, 0.6) is 0 Å². The van der Waals surface area contributed by atoms with Gasteiger partial charge in [0.15, 0.2) is 5.82 Å². The number of carbonyl (C=O) groups is 1. The Balaban J connectivity index is 2.17. The van der Waals surface area contributed by atoms with E-state index < -0.39 is 17.0 Å². The molecule has 0 radical (unpaired) electrons. The SMILES string of the molecule is Cc1[nH]nc2c1[C@H](c1ccccc1C(F)(F)F)SCC(=O)N2. The van der Waals surface area contributed by atoms with E-state index in [1.807, 2.05) is 0 Å². The molecular weight excluding hydrogens is 315 g/mol. The van der Waals surface area contributed by atoms with Gasteiger partial charge in [0.2, 0.25) is 5.91 Å². The molecule has 1 aliphatic heterocycles. The van der Waals surface area contributed by atoms with Crippen LogP contribution in [0.2, 0.25) is 0 Å². The summed E-state index contributed by atoms with van der Waals surface area (Å²) in [4.78, 5) is 11.7. The molecule has 0 spiro atoms. The van der Waals surface area contributed by atoms with Gasteiger partial charge in [-0.3, -0.25) is 9.89 Å². The fraction of sp³-hybridized carbons (Fsp3) is 0.286. The lowest BCUT2D eigenvalue weighted by atomic mass is 9.98. The van der Waals surface area contributed by atoms with Crippen molar-refractivity contribution in [2.75, 3.05) is 11.1 Å². The molecule has 8 heteroatoms. The summed E-state index contributed by atoms with van der Waals surface area (Å²) in [5, 5.41) is 8.72. The number of benzene rings is 1. The van der Waals surface area contributed by atoms with Gasteiger partial charge in [0, 0.05) is 11.3 Å². The maximum Gasteiger partial charge on any atom is 0.416 e. The van der Waals surface area contributed by atoms with Crippen LogP contribution in [0.4, 0.5) is 19.0 Å². The van der Waals surface area contributed by atoms with Crippen LogP contribution in [0.25, 0.3) is 0 Å². The molecule has 1 aromatic carbocycles. The molecular formula is C14H12F3N3OS. The number of nitrogens with one attached hydrogen (secondary N) is 2. The first-order valence-electron chi connectivity index (χ1n) is 6.50. The zero-order valence-electron chi connectivity index (χ0n) is 11.5. The number of amides is 1. The molecule has 3 rings (SSSR count). The van der Waals surface area contributed by atoms with E-state index in [0.717, 1.165) is 17.8 Å². The van der Waals surface area contributed by atoms with Gasteiger partial charge >= 0.3 is 6.18 Å². The summed E-state index contributed by atoms with van der Waals surface area (Å²) >= 11 is 1.16. The van der Waals surface area contributed by atoms with Gasteiger partial charge in [-0.2, -0.15) is 18.3 Å². The molecule has 1 atom stereocenters. The molecule has 1 amide bonds. The van der Waals surface area contributed by atoms with Crippen LogP contribution >= 0.6 is 11.8 Å². The van der Waals surface area contributed by atoms with E-state index in [1.54, 1.807) is 13.0 Å². The standard InChI is InChI=1S/C14H12F3N3OS/c1-7-11-12(22-6-10(21)18-13(11)20-19-7)8-4-2-3-5-9(8)14(15,16)17/h2-5,12H,6H2,1H3,(H2,18,19,20,21)/t12-/m0/s1. The number of hydrogen-bond donors (Lipinski definition) is 2. The van der Waals surface area contributed by atoms with E-state index in [0.29, 0.717) is 17.1 Å². The van der Waals surface area contributed by atoms with Crippen molar-refractivity contribution in [3.05, 3.63) is 46.6 Å². The molecule has 1 aromatic heterocycles. The Kier molecular flexibility index (Phi) is 3.64. The molecule has 0 fully saturated rings. The minimum absolute atomic E-state index is 0.0760. The maximum absolute atomic E-state index is 13.3. The highest BCUT2D eigenvalue weighted by atomic mass is 32.2. The Labute approximate surface area is 128 Å². The van der Waals surface area contributed by atoms with Crippen molar-refractivity contribution in [2.24, 2.45) is 0 Å². The zero-order valence-corrected chi connectivity index (χ0v) is 12.3. The van der Waals surface area contributed by atoms with Crippen molar-refractivity contribution < 1.29 is 18.0 Å². The Morgan fingerprint density at radius 2 is 2.05 bits per heavy atom. The van der Waals surface area contributed by atoms with E-state index >= 15 is 0 Å². The van der Waals surface area contributed by atoms with E-state index in [2.05, 4.69) is 15.5 Å². The van der Waals surface area contributed by atoms with Crippen molar-refractivity contribution in [2.45, 2.75) is 18.3 Å². The predicted octanol–water partition coefficient (Wildman–Crippen LogP) is 3.51. The summed E-state index contributed by atoms with van der Waals surface area (Å²) in [6, 6.07) is 5.44. The largest absolute Gasteiger partial charge is 0.416 e. The molecule has 1 aliphatic rings. The first-order valence-corrected chi connectivity index (χ1v) is 7.55. The monoisotopic (exact) mass is 327 g/mol. The van der Waals surface area contributed by atoms with E-state index in [9.17, 15) is 18.0 Å². The van der Waals surface area contributed by atoms with Gasteiger partial charge in [0.05, 0.1) is 16.6 Å². The molecule has 4 nitrogen and oxygen atoms in total. The van der Waals surface area contributed by atoms with Crippen molar-refractivity contribution in [3.63, 3.8) is 0 Å². The number of carbonyl (C=O) groups excluding carboxylic acids is 1. The molecule has 22 heavy (non-hydrogen) atoms. The first-order chi connectivity index (χ1) is 10.4. The lowest BCUT2D eigenvalue weighted by molar-refractivity contribution is -0.138. The highest BCUT2D eigenvalue weighted by Gasteiger charge is 2.37. The van der Waals surface area contributed by atoms with Crippen LogP contribution in [0.15, 0.2) is 24.3 Å². The summed E-state index contributed by atoms with van der Waals surface area (Å²) in [6.45, 7) is 1.73. The number of aryl methyl sites for hydroxylation is 1. The van der Waals surface area contributed by atoms with E-state index in [4.69, 9.17) is 0 Å². The van der Waals surface area contributed by atoms with Crippen LogP contribution in [0.1, 0.15) is 27.6 Å². The van der Waals surface area contributed by atoms with Gasteiger partial charge in [-0.15, -0.1) is 11.8 Å². The summed E-state index contributed by atoms with van der Waals surface area (Å²) in [6.07, 6.45) is -4.45. The summed E-state index contributed by atoms with van der Waals surface area (Å²) in [5.74, 6) is 0.103. The third-order valence-electron chi connectivity index (χ3n) is 3.44. The van der Waals surface area contributed by atoms with Crippen LogP contribution < -0.4 is 5.32 Å². The highest BCUT2D eigenvalue weighted by molar-refractivity contribution is 8.00.